The third kappa shape index (κ3) is 8.78. The molecule has 3 heterocycles. The van der Waals surface area contributed by atoms with E-state index in [0.29, 0.717) is 0 Å². The van der Waals surface area contributed by atoms with E-state index in [2.05, 4.69) is 20.9 Å². The van der Waals surface area contributed by atoms with Gasteiger partial charge in [0, 0.05) is 61.3 Å². The second-order valence-corrected chi connectivity index (χ2v) is 13.6. The van der Waals surface area contributed by atoms with Gasteiger partial charge in [0.15, 0.2) is 5.78 Å². The van der Waals surface area contributed by atoms with Gasteiger partial charge in [-0.15, -0.1) is 0 Å². The molecule has 0 saturated carbocycles. The summed E-state index contributed by atoms with van der Waals surface area (Å²) in [5.74, 6) is -2.99. The fourth-order valence-corrected chi connectivity index (χ4v) is 7.13. The van der Waals surface area contributed by atoms with Crippen molar-refractivity contribution in [3.8, 4) is 0 Å². The zero-order valence-corrected chi connectivity index (χ0v) is 28.6. The summed E-state index contributed by atoms with van der Waals surface area (Å²) in [6, 6.07) is 22.8. The van der Waals surface area contributed by atoms with Gasteiger partial charge in [-0.2, -0.15) is 0 Å². The number of rotatable bonds is 10. The molecule has 2 saturated heterocycles. The number of nitrogens with one attached hydrogen (secondary N) is 4. The van der Waals surface area contributed by atoms with E-state index in [4.69, 9.17) is 0 Å². The maximum absolute atomic E-state index is 14.5. The van der Waals surface area contributed by atoms with Crippen LogP contribution in [0, 0.1) is 5.92 Å². The lowest BCUT2D eigenvalue weighted by atomic mass is 9.88. The molecule has 0 bridgehead atoms. The maximum Gasteiger partial charge on any atom is 0.246 e. The SMILES string of the molecule is CC(=O)CCC(=O)N[C@@H]1C[C@@H]2C(=O)N[C@@H](Cc3ccccc3)C(=O)C[C@H](Cc3c[nH]c4ccccc34)C(=O)N[C@@H](Cc3ccccc3)C(=O)N2C1. The van der Waals surface area contributed by atoms with Gasteiger partial charge in [0.25, 0.3) is 0 Å². The number of nitrogens with zero attached hydrogens (tertiary/aromatic N) is 1. The molecule has 2 aliphatic rings. The van der Waals surface area contributed by atoms with Crippen LogP contribution in [0.4, 0.5) is 0 Å². The summed E-state index contributed by atoms with van der Waals surface area (Å²) in [5, 5.41) is 9.77. The van der Waals surface area contributed by atoms with Crippen molar-refractivity contribution < 1.29 is 28.8 Å². The minimum Gasteiger partial charge on any atom is -0.361 e. The van der Waals surface area contributed by atoms with Crippen LogP contribution in [0.3, 0.4) is 0 Å². The number of Topliss-reactive ketones (excluding diaryl/α,β-unsaturated/α-hetero) is 2. The number of hydrogen-bond donors (Lipinski definition) is 4. The largest absolute Gasteiger partial charge is 0.361 e. The standard InChI is InChI=1S/C40H43N5O6/c1-25(46)16-17-37(48)42-30-22-35-39(50)43-33(18-26-10-4-2-5-11-26)36(47)21-28(20-29-23-41-32-15-9-8-14-31(29)32)38(49)44-34(40(51)45(35)24-30)19-27-12-6-3-7-13-27/h2-15,23,28,30,33-35,41H,16-22,24H2,1H3,(H,42,48)(H,43,50)(H,44,49)/t28-,30+,33-,34-,35+/m0/s1. The minimum atomic E-state index is -1.04. The second kappa shape index (κ2) is 16.0. The number of aromatic nitrogens is 1. The highest BCUT2D eigenvalue weighted by Gasteiger charge is 2.44. The van der Waals surface area contributed by atoms with Crippen molar-refractivity contribution in [2.45, 2.75) is 76.0 Å². The molecule has 4 N–H and O–H groups in total. The van der Waals surface area contributed by atoms with Crippen molar-refractivity contribution >= 4 is 46.1 Å². The van der Waals surface area contributed by atoms with Crippen LogP contribution in [0.15, 0.2) is 91.1 Å². The Morgan fingerprint density at radius 2 is 1.39 bits per heavy atom. The number of aromatic amines is 1. The van der Waals surface area contributed by atoms with Crippen molar-refractivity contribution in [3.05, 3.63) is 108 Å². The second-order valence-electron chi connectivity index (χ2n) is 13.6. The van der Waals surface area contributed by atoms with Crippen LogP contribution in [0.2, 0.25) is 0 Å². The van der Waals surface area contributed by atoms with E-state index in [0.717, 1.165) is 27.6 Å². The molecule has 0 spiro atoms. The zero-order chi connectivity index (χ0) is 35.9. The Hall–Kier alpha value is -5.58. The highest BCUT2D eigenvalue weighted by molar-refractivity contribution is 5.98. The molecule has 3 aromatic carbocycles. The van der Waals surface area contributed by atoms with Crippen LogP contribution in [0.1, 0.15) is 49.3 Å². The predicted octanol–water partition coefficient (Wildman–Crippen LogP) is 3.21. The first-order chi connectivity index (χ1) is 24.6. The molecule has 51 heavy (non-hydrogen) atoms. The first-order valence-electron chi connectivity index (χ1n) is 17.5. The summed E-state index contributed by atoms with van der Waals surface area (Å²) >= 11 is 0. The number of amides is 4. The number of carbonyl (C=O) groups is 6. The highest BCUT2D eigenvalue weighted by atomic mass is 16.2. The third-order valence-corrected chi connectivity index (χ3v) is 9.80. The lowest BCUT2D eigenvalue weighted by molar-refractivity contribution is -0.143. The van der Waals surface area contributed by atoms with Crippen LogP contribution in [0.5, 0.6) is 0 Å². The molecule has 0 radical (unpaired) electrons. The number of H-pyrrole nitrogens is 1. The molecule has 1 aromatic heterocycles. The molecule has 0 aliphatic carbocycles. The number of carbonyl (C=O) groups excluding carboxylic acids is 6. The number of benzene rings is 3. The van der Waals surface area contributed by atoms with Crippen LogP contribution in [-0.2, 0) is 48.0 Å². The Balaban J connectivity index is 1.35. The molecule has 0 unspecified atom stereocenters. The summed E-state index contributed by atoms with van der Waals surface area (Å²) in [5.41, 5.74) is 3.41. The van der Waals surface area contributed by atoms with Crippen LogP contribution in [-0.4, -0.2) is 75.8 Å². The highest BCUT2D eigenvalue weighted by Crippen LogP contribution is 2.26. The number of hydrogen-bond acceptors (Lipinski definition) is 6. The van der Waals surface area contributed by atoms with Gasteiger partial charge >= 0.3 is 0 Å². The number of fused-ring (bicyclic) bond motifs is 2. The van der Waals surface area contributed by atoms with Gasteiger partial charge in [0.1, 0.15) is 17.9 Å². The van der Waals surface area contributed by atoms with Gasteiger partial charge in [-0.25, -0.2) is 0 Å². The maximum atomic E-state index is 14.5. The van der Waals surface area contributed by atoms with E-state index in [-0.39, 0.29) is 69.0 Å². The quantitative estimate of drug-likeness (QED) is 0.200. The van der Waals surface area contributed by atoms with E-state index in [9.17, 15) is 28.8 Å². The van der Waals surface area contributed by atoms with E-state index in [1.165, 1.54) is 11.8 Å². The van der Waals surface area contributed by atoms with Gasteiger partial charge in [0.05, 0.1) is 6.04 Å². The molecule has 11 nitrogen and oxygen atoms in total. The fraction of sp³-hybridized carbons (Fsp3) is 0.350. The Morgan fingerprint density at radius 3 is 2.08 bits per heavy atom. The Morgan fingerprint density at radius 1 is 0.765 bits per heavy atom. The molecular weight excluding hydrogens is 646 g/mol. The molecule has 264 valence electrons. The predicted molar refractivity (Wildman–Crippen MR) is 191 cm³/mol. The molecule has 6 rings (SSSR count). The van der Waals surface area contributed by atoms with Gasteiger partial charge in [-0.1, -0.05) is 78.9 Å². The average molecular weight is 690 g/mol. The summed E-state index contributed by atoms with van der Waals surface area (Å²) in [7, 11) is 0. The number of para-hydroxylation sites is 1. The van der Waals surface area contributed by atoms with Gasteiger partial charge < -0.3 is 30.6 Å². The molecule has 2 fully saturated rings. The Bertz CT molecular complexity index is 1910. The monoisotopic (exact) mass is 689 g/mol. The van der Waals surface area contributed by atoms with Crippen LogP contribution < -0.4 is 16.0 Å². The van der Waals surface area contributed by atoms with E-state index in [1.807, 2.05) is 91.1 Å². The molecular formula is C40H43N5O6. The van der Waals surface area contributed by atoms with Crippen LogP contribution in [0.25, 0.3) is 10.9 Å². The average Bonchev–Trinajstić information content (AvgIpc) is 3.74. The van der Waals surface area contributed by atoms with E-state index < -0.39 is 47.8 Å². The van der Waals surface area contributed by atoms with E-state index >= 15 is 0 Å². The lowest BCUT2D eigenvalue weighted by Crippen LogP contribution is -2.58. The summed E-state index contributed by atoms with van der Waals surface area (Å²) < 4.78 is 0. The Kier molecular flexibility index (Phi) is 11.0. The zero-order valence-electron chi connectivity index (χ0n) is 28.6. The lowest BCUT2D eigenvalue weighted by Gasteiger charge is -2.32. The van der Waals surface area contributed by atoms with Crippen molar-refractivity contribution in [2.24, 2.45) is 5.92 Å². The molecule has 4 aromatic rings. The van der Waals surface area contributed by atoms with Crippen molar-refractivity contribution in [3.63, 3.8) is 0 Å². The normalized spacial score (nSPS) is 22.8. The minimum absolute atomic E-state index is 0.00516. The fourth-order valence-electron chi connectivity index (χ4n) is 7.13. The molecule has 4 amide bonds. The van der Waals surface area contributed by atoms with Crippen molar-refractivity contribution in [2.75, 3.05) is 6.54 Å². The van der Waals surface area contributed by atoms with Crippen LogP contribution >= 0.6 is 0 Å². The summed E-state index contributed by atoms with van der Waals surface area (Å²) in [6.45, 7) is 1.44. The molecule has 2 aliphatic heterocycles. The van der Waals surface area contributed by atoms with Gasteiger partial charge in [-0.3, -0.25) is 24.0 Å². The van der Waals surface area contributed by atoms with Crippen molar-refractivity contribution in [1.29, 1.82) is 0 Å². The van der Waals surface area contributed by atoms with Crippen molar-refractivity contribution in [1.82, 2.24) is 25.8 Å². The molecule has 11 heteroatoms. The smallest absolute Gasteiger partial charge is 0.246 e. The first kappa shape index (κ1) is 35.3. The third-order valence-electron chi connectivity index (χ3n) is 9.80. The Labute approximate surface area is 296 Å². The van der Waals surface area contributed by atoms with Gasteiger partial charge in [0.2, 0.25) is 23.6 Å². The topological polar surface area (TPSA) is 158 Å². The summed E-state index contributed by atoms with van der Waals surface area (Å²) in [6.07, 6.45) is 2.48. The number of ketones is 2. The van der Waals surface area contributed by atoms with Gasteiger partial charge in [-0.05, 0) is 48.9 Å². The first-order valence-corrected chi connectivity index (χ1v) is 17.5. The summed E-state index contributed by atoms with van der Waals surface area (Å²) in [4.78, 5) is 86.1. The molecule has 5 atom stereocenters. The van der Waals surface area contributed by atoms with E-state index in [1.54, 1.807) is 0 Å².